The lowest BCUT2D eigenvalue weighted by Crippen LogP contribution is -2.35. The molecule has 0 aliphatic carbocycles. The molecule has 0 spiro atoms. The zero-order valence-corrected chi connectivity index (χ0v) is 11.5. The SMILES string of the molecule is Cc1sc(N)nc1-c1ccc2c(c1)CN(C)C(=O)N2. The summed E-state index contributed by atoms with van der Waals surface area (Å²) in [7, 11) is 1.77. The highest BCUT2D eigenvalue weighted by Crippen LogP contribution is 2.32. The van der Waals surface area contributed by atoms with Crippen LogP contribution in [0, 0.1) is 6.92 Å². The molecule has 2 aromatic rings. The minimum atomic E-state index is -0.0747. The lowest BCUT2D eigenvalue weighted by atomic mass is 10.0. The highest BCUT2D eigenvalue weighted by atomic mass is 32.1. The number of fused-ring (bicyclic) bond motifs is 1. The Morgan fingerprint density at radius 1 is 1.47 bits per heavy atom. The van der Waals surface area contributed by atoms with Gasteiger partial charge in [-0.15, -0.1) is 11.3 Å². The van der Waals surface area contributed by atoms with Gasteiger partial charge in [-0.05, 0) is 24.6 Å². The summed E-state index contributed by atoms with van der Waals surface area (Å²) in [6.07, 6.45) is 0. The first-order valence-corrected chi connectivity index (χ1v) is 6.74. The van der Waals surface area contributed by atoms with Crippen LogP contribution in [0.2, 0.25) is 0 Å². The fraction of sp³-hybridized carbons (Fsp3) is 0.231. The number of nitrogens with zero attached hydrogens (tertiary/aromatic N) is 2. The van der Waals surface area contributed by atoms with E-state index in [-0.39, 0.29) is 6.03 Å². The molecule has 0 unspecified atom stereocenters. The number of nitrogen functional groups attached to an aromatic ring is 1. The molecule has 6 heteroatoms. The summed E-state index contributed by atoms with van der Waals surface area (Å²) in [5.74, 6) is 0. The summed E-state index contributed by atoms with van der Waals surface area (Å²) in [6, 6.07) is 5.87. The number of hydrogen-bond acceptors (Lipinski definition) is 4. The summed E-state index contributed by atoms with van der Waals surface area (Å²) in [6.45, 7) is 2.62. The zero-order chi connectivity index (χ0) is 13.6. The number of urea groups is 1. The molecular formula is C13H14N4OS. The molecule has 0 saturated carbocycles. The molecule has 0 fully saturated rings. The Kier molecular flexibility index (Phi) is 2.67. The van der Waals surface area contributed by atoms with Crippen molar-refractivity contribution in [2.75, 3.05) is 18.1 Å². The number of carbonyl (C=O) groups is 1. The molecule has 1 aromatic heterocycles. The highest BCUT2D eigenvalue weighted by Gasteiger charge is 2.20. The van der Waals surface area contributed by atoms with E-state index in [2.05, 4.69) is 16.4 Å². The maximum atomic E-state index is 11.6. The summed E-state index contributed by atoms with van der Waals surface area (Å²) in [5, 5.41) is 3.43. The molecule has 2 amide bonds. The predicted molar refractivity (Wildman–Crippen MR) is 77.2 cm³/mol. The zero-order valence-electron chi connectivity index (χ0n) is 10.7. The van der Waals surface area contributed by atoms with Gasteiger partial charge in [0.05, 0.1) is 5.69 Å². The number of amides is 2. The van der Waals surface area contributed by atoms with Crippen LogP contribution in [0.4, 0.5) is 15.6 Å². The van der Waals surface area contributed by atoms with E-state index in [1.54, 1.807) is 11.9 Å². The average molecular weight is 274 g/mol. The van der Waals surface area contributed by atoms with Gasteiger partial charge in [-0.2, -0.15) is 0 Å². The van der Waals surface area contributed by atoms with Crippen molar-refractivity contribution in [3.05, 3.63) is 28.6 Å². The van der Waals surface area contributed by atoms with Gasteiger partial charge in [-0.3, -0.25) is 0 Å². The minimum absolute atomic E-state index is 0.0747. The topological polar surface area (TPSA) is 71.2 Å². The second-order valence-corrected chi connectivity index (χ2v) is 5.85. The van der Waals surface area contributed by atoms with Gasteiger partial charge in [-0.25, -0.2) is 9.78 Å². The maximum Gasteiger partial charge on any atom is 0.321 e. The van der Waals surface area contributed by atoms with Gasteiger partial charge in [0.15, 0.2) is 5.13 Å². The van der Waals surface area contributed by atoms with Crippen molar-refractivity contribution in [3.63, 3.8) is 0 Å². The van der Waals surface area contributed by atoms with Gasteiger partial charge in [0.25, 0.3) is 0 Å². The third-order valence-electron chi connectivity index (χ3n) is 3.19. The first-order valence-electron chi connectivity index (χ1n) is 5.93. The minimum Gasteiger partial charge on any atom is -0.375 e. The number of anilines is 2. The summed E-state index contributed by atoms with van der Waals surface area (Å²) >= 11 is 1.49. The van der Waals surface area contributed by atoms with E-state index in [1.165, 1.54) is 11.3 Å². The molecule has 3 N–H and O–H groups in total. The smallest absolute Gasteiger partial charge is 0.321 e. The number of aromatic nitrogens is 1. The predicted octanol–water partition coefficient (Wildman–Crippen LogP) is 2.68. The van der Waals surface area contributed by atoms with Gasteiger partial charge < -0.3 is 16.0 Å². The van der Waals surface area contributed by atoms with E-state index in [9.17, 15) is 4.79 Å². The Bertz CT molecular complexity index is 665. The van der Waals surface area contributed by atoms with Crippen molar-refractivity contribution in [2.45, 2.75) is 13.5 Å². The van der Waals surface area contributed by atoms with Gasteiger partial charge in [-0.1, -0.05) is 6.07 Å². The first kappa shape index (κ1) is 12.0. The molecular weight excluding hydrogens is 260 g/mol. The van der Waals surface area contributed by atoms with Crippen molar-refractivity contribution in [3.8, 4) is 11.3 Å². The van der Waals surface area contributed by atoms with Crippen LogP contribution in [0.15, 0.2) is 18.2 Å². The number of aryl methyl sites for hydroxylation is 1. The molecule has 0 saturated heterocycles. The molecule has 3 rings (SSSR count). The third kappa shape index (κ3) is 2.04. The molecule has 5 nitrogen and oxygen atoms in total. The number of nitrogens with two attached hydrogens (primary N) is 1. The average Bonchev–Trinajstić information content (AvgIpc) is 2.69. The number of benzene rings is 1. The van der Waals surface area contributed by atoms with Crippen LogP contribution in [0.1, 0.15) is 10.4 Å². The number of carbonyl (C=O) groups excluding carboxylic acids is 1. The fourth-order valence-corrected chi connectivity index (χ4v) is 2.93. The molecule has 1 aliphatic heterocycles. The molecule has 98 valence electrons. The Balaban J connectivity index is 2.05. The Morgan fingerprint density at radius 3 is 2.95 bits per heavy atom. The summed E-state index contributed by atoms with van der Waals surface area (Å²) in [4.78, 5) is 18.7. The molecule has 1 aliphatic rings. The summed E-state index contributed by atoms with van der Waals surface area (Å²) < 4.78 is 0. The van der Waals surface area contributed by atoms with E-state index >= 15 is 0 Å². The normalized spacial score (nSPS) is 14.2. The van der Waals surface area contributed by atoms with Crippen molar-refractivity contribution < 1.29 is 4.79 Å². The Morgan fingerprint density at radius 2 is 2.26 bits per heavy atom. The van der Waals surface area contributed by atoms with Crippen LogP contribution in [0.25, 0.3) is 11.3 Å². The molecule has 0 atom stereocenters. The van der Waals surface area contributed by atoms with E-state index in [0.717, 1.165) is 27.4 Å². The van der Waals surface area contributed by atoms with Crippen LogP contribution in [-0.4, -0.2) is 23.0 Å². The number of nitrogens with one attached hydrogen (secondary N) is 1. The number of hydrogen-bond donors (Lipinski definition) is 2. The van der Waals surface area contributed by atoms with E-state index in [4.69, 9.17) is 5.73 Å². The van der Waals surface area contributed by atoms with Crippen LogP contribution < -0.4 is 11.1 Å². The van der Waals surface area contributed by atoms with Crippen molar-refractivity contribution in [2.24, 2.45) is 0 Å². The largest absolute Gasteiger partial charge is 0.375 e. The van der Waals surface area contributed by atoms with Crippen LogP contribution >= 0.6 is 11.3 Å². The molecule has 19 heavy (non-hydrogen) atoms. The molecule has 2 heterocycles. The second kappa shape index (κ2) is 4.24. The van der Waals surface area contributed by atoms with Gasteiger partial charge in [0, 0.05) is 29.7 Å². The van der Waals surface area contributed by atoms with Crippen molar-refractivity contribution in [1.82, 2.24) is 9.88 Å². The van der Waals surface area contributed by atoms with Crippen LogP contribution in [0.5, 0.6) is 0 Å². The van der Waals surface area contributed by atoms with Gasteiger partial charge in [0.2, 0.25) is 0 Å². The standard InChI is InChI=1S/C13H14N4OS/c1-7-11(16-12(14)19-7)8-3-4-10-9(5-8)6-17(2)13(18)15-10/h3-5H,6H2,1-2H3,(H2,14,16)(H,15,18). The lowest BCUT2D eigenvalue weighted by molar-refractivity contribution is 0.218. The van der Waals surface area contributed by atoms with Crippen molar-refractivity contribution >= 4 is 28.2 Å². The van der Waals surface area contributed by atoms with E-state index < -0.39 is 0 Å². The van der Waals surface area contributed by atoms with E-state index in [0.29, 0.717) is 11.7 Å². The maximum absolute atomic E-state index is 11.6. The Hall–Kier alpha value is -2.08. The second-order valence-electron chi connectivity index (χ2n) is 4.62. The number of thiazole rings is 1. The monoisotopic (exact) mass is 274 g/mol. The van der Waals surface area contributed by atoms with E-state index in [1.807, 2.05) is 19.1 Å². The Labute approximate surface area is 115 Å². The van der Waals surface area contributed by atoms with Gasteiger partial charge in [0.1, 0.15) is 0 Å². The molecule has 0 radical (unpaired) electrons. The first-order chi connectivity index (χ1) is 9.04. The fourth-order valence-electron chi connectivity index (χ4n) is 2.22. The third-order valence-corrected chi connectivity index (χ3v) is 3.99. The van der Waals surface area contributed by atoms with Gasteiger partial charge >= 0.3 is 6.03 Å². The quantitative estimate of drug-likeness (QED) is 0.839. The summed E-state index contributed by atoms with van der Waals surface area (Å²) in [5.41, 5.74) is 9.65. The van der Waals surface area contributed by atoms with Crippen LogP contribution in [-0.2, 0) is 6.54 Å². The molecule has 0 bridgehead atoms. The van der Waals surface area contributed by atoms with Crippen LogP contribution in [0.3, 0.4) is 0 Å². The van der Waals surface area contributed by atoms with Crippen molar-refractivity contribution in [1.29, 1.82) is 0 Å². The molecule has 1 aromatic carbocycles. The highest BCUT2D eigenvalue weighted by molar-refractivity contribution is 7.15. The lowest BCUT2D eigenvalue weighted by Gasteiger charge is -2.26. The number of rotatable bonds is 1.